The molecular formula is C20H16FPS2. The molecule has 0 radical (unpaired) electrons. The van der Waals surface area contributed by atoms with Crippen molar-refractivity contribution in [1.29, 1.82) is 0 Å². The summed E-state index contributed by atoms with van der Waals surface area (Å²) < 4.78 is 13.2. The molecule has 0 N–H and O–H groups in total. The van der Waals surface area contributed by atoms with Gasteiger partial charge in [-0.3, -0.25) is 0 Å². The molecular weight excluding hydrogens is 354 g/mol. The van der Waals surface area contributed by atoms with E-state index in [0.29, 0.717) is 0 Å². The lowest BCUT2D eigenvalue weighted by molar-refractivity contribution is 0.628. The Kier molecular flexibility index (Phi) is 5.35. The fourth-order valence-electron chi connectivity index (χ4n) is 2.35. The maximum Gasteiger partial charge on any atom is 0.123 e. The van der Waals surface area contributed by atoms with Crippen LogP contribution in [-0.4, -0.2) is 0 Å². The van der Waals surface area contributed by atoms with E-state index in [0.717, 1.165) is 21.1 Å². The van der Waals surface area contributed by atoms with Crippen molar-refractivity contribution in [3.8, 4) is 0 Å². The first-order valence-electron chi connectivity index (χ1n) is 7.45. The highest BCUT2D eigenvalue weighted by atomic mass is 32.9. The van der Waals surface area contributed by atoms with Crippen LogP contribution in [0.15, 0.2) is 91.5 Å². The molecule has 0 saturated heterocycles. The third-order valence-corrected chi connectivity index (χ3v) is 10.9. The molecule has 0 aliphatic carbocycles. The van der Waals surface area contributed by atoms with Gasteiger partial charge in [0, 0.05) is 4.91 Å². The fourth-order valence-corrected chi connectivity index (χ4v) is 8.69. The zero-order chi connectivity index (χ0) is 17.0. The van der Waals surface area contributed by atoms with Crippen molar-refractivity contribution in [2.75, 3.05) is 0 Å². The van der Waals surface area contributed by atoms with Gasteiger partial charge >= 0.3 is 0 Å². The van der Waals surface area contributed by atoms with Crippen molar-refractivity contribution in [2.45, 2.75) is 0 Å². The van der Waals surface area contributed by atoms with Crippen LogP contribution < -0.4 is 10.6 Å². The number of benzene rings is 3. The SMILES string of the molecule is C=C(SP(=S)(c1ccccc1)c1ccccc1)c1ccc(F)cc1. The van der Waals surface area contributed by atoms with Gasteiger partial charge in [0.25, 0.3) is 0 Å². The molecule has 0 aliphatic rings. The second-order valence-corrected chi connectivity index (χ2v) is 12.6. The summed E-state index contributed by atoms with van der Waals surface area (Å²) in [6.07, 6.45) is 0. The molecule has 0 aromatic heterocycles. The van der Waals surface area contributed by atoms with Crippen LogP contribution in [0.25, 0.3) is 4.91 Å². The molecule has 3 aromatic carbocycles. The van der Waals surface area contributed by atoms with Gasteiger partial charge < -0.3 is 0 Å². The predicted octanol–water partition coefficient (Wildman–Crippen LogP) is 5.58. The molecule has 0 fully saturated rings. The van der Waals surface area contributed by atoms with Crippen molar-refractivity contribution in [1.82, 2.24) is 0 Å². The molecule has 0 saturated carbocycles. The van der Waals surface area contributed by atoms with Crippen LogP contribution in [0.5, 0.6) is 0 Å². The van der Waals surface area contributed by atoms with E-state index in [9.17, 15) is 4.39 Å². The molecule has 0 aliphatic heterocycles. The summed E-state index contributed by atoms with van der Waals surface area (Å²) in [6, 6.07) is 26.8. The van der Waals surface area contributed by atoms with Crippen LogP contribution >= 0.6 is 16.6 Å². The van der Waals surface area contributed by atoms with Gasteiger partial charge in [-0.2, -0.15) is 0 Å². The van der Waals surface area contributed by atoms with Gasteiger partial charge in [0.15, 0.2) is 0 Å². The Morgan fingerprint density at radius 3 is 1.71 bits per heavy atom. The standard InChI is InChI=1S/C20H16FPS2/c1-16(17-12-14-18(21)15-13-17)24-22(23,19-8-4-2-5-9-19)20-10-6-3-7-11-20/h2-15H,1H2. The van der Waals surface area contributed by atoms with Gasteiger partial charge in [0.2, 0.25) is 0 Å². The van der Waals surface area contributed by atoms with E-state index < -0.39 is 5.24 Å². The lowest BCUT2D eigenvalue weighted by atomic mass is 10.2. The molecule has 0 nitrogen and oxygen atoms in total. The number of hydrogen-bond donors (Lipinski definition) is 0. The minimum absolute atomic E-state index is 0.248. The van der Waals surface area contributed by atoms with Crippen molar-refractivity contribution >= 4 is 43.9 Å². The first-order valence-corrected chi connectivity index (χ1v) is 11.7. The summed E-state index contributed by atoms with van der Waals surface area (Å²) in [6.45, 7) is 4.19. The van der Waals surface area contributed by atoms with E-state index in [1.807, 2.05) is 36.4 Å². The minimum Gasteiger partial charge on any atom is -0.207 e. The first-order chi connectivity index (χ1) is 11.6. The summed E-state index contributed by atoms with van der Waals surface area (Å²) in [5.41, 5.74) is 0.905. The van der Waals surface area contributed by atoms with Crippen molar-refractivity contribution < 1.29 is 4.39 Å². The Morgan fingerprint density at radius 2 is 1.25 bits per heavy atom. The van der Waals surface area contributed by atoms with Crippen LogP contribution in [0.3, 0.4) is 0 Å². The van der Waals surface area contributed by atoms with Crippen molar-refractivity contribution in [2.24, 2.45) is 0 Å². The topological polar surface area (TPSA) is 0 Å². The number of rotatable bonds is 5. The molecule has 0 heterocycles. The molecule has 4 heteroatoms. The minimum atomic E-state index is -2.10. The van der Waals surface area contributed by atoms with E-state index in [2.05, 4.69) is 30.8 Å². The van der Waals surface area contributed by atoms with E-state index in [-0.39, 0.29) is 5.82 Å². The van der Waals surface area contributed by atoms with E-state index >= 15 is 0 Å². The molecule has 0 amide bonds. The Balaban J connectivity index is 2.02. The molecule has 24 heavy (non-hydrogen) atoms. The summed E-state index contributed by atoms with van der Waals surface area (Å²) >= 11 is 7.80. The number of halogens is 1. The van der Waals surface area contributed by atoms with E-state index in [4.69, 9.17) is 11.8 Å². The van der Waals surface area contributed by atoms with Gasteiger partial charge in [0.1, 0.15) is 5.82 Å². The highest BCUT2D eigenvalue weighted by Gasteiger charge is 2.24. The molecule has 0 atom stereocenters. The monoisotopic (exact) mass is 370 g/mol. The van der Waals surface area contributed by atoms with Gasteiger partial charge in [-0.1, -0.05) is 103 Å². The second kappa shape index (κ2) is 7.48. The highest BCUT2D eigenvalue weighted by molar-refractivity contribution is 8.78. The van der Waals surface area contributed by atoms with Crippen LogP contribution in [-0.2, 0) is 11.8 Å². The lowest BCUT2D eigenvalue weighted by Crippen LogP contribution is -2.12. The average molecular weight is 370 g/mol. The summed E-state index contributed by atoms with van der Waals surface area (Å²) in [4.78, 5) is 0.867. The maximum atomic E-state index is 13.2. The first kappa shape index (κ1) is 17.2. The fraction of sp³-hybridized carbons (Fsp3) is 0. The van der Waals surface area contributed by atoms with Gasteiger partial charge in [0.05, 0.1) is 5.24 Å². The number of hydrogen-bond acceptors (Lipinski definition) is 2. The van der Waals surface area contributed by atoms with Gasteiger partial charge in [-0.05, 0) is 28.3 Å². The van der Waals surface area contributed by atoms with Crippen molar-refractivity contribution in [3.05, 3.63) is 103 Å². The van der Waals surface area contributed by atoms with Crippen LogP contribution in [0.2, 0.25) is 0 Å². The zero-order valence-corrected chi connectivity index (χ0v) is 15.5. The summed E-state index contributed by atoms with van der Waals surface area (Å²) in [7, 11) is 0. The highest BCUT2D eigenvalue weighted by Crippen LogP contribution is 2.61. The normalized spacial score (nSPS) is 11.2. The predicted molar refractivity (Wildman–Crippen MR) is 109 cm³/mol. The molecule has 0 unspecified atom stereocenters. The zero-order valence-electron chi connectivity index (χ0n) is 12.9. The average Bonchev–Trinajstić information content (AvgIpc) is 2.63. The van der Waals surface area contributed by atoms with Crippen molar-refractivity contribution in [3.63, 3.8) is 0 Å². The van der Waals surface area contributed by atoms with Crippen LogP contribution in [0, 0.1) is 5.82 Å². The smallest absolute Gasteiger partial charge is 0.123 e. The van der Waals surface area contributed by atoms with Gasteiger partial charge in [-0.15, -0.1) is 0 Å². The molecule has 120 valence electrons. The Labute approximate surface area is 151 Å². The molecule has 0 spiro atoms. The summed E-state index contributed by atoms with van der Waals surface area (Å²) in [5.74, 6) is -0.248. The van der Waals surface area contributed by atoms with E-state index in [1.54, 1.807) is 23.5 Å². The Bertz CT molecular complexity index is 831. The van der Waals surface area contributed by atoms with Crippen LogP contribution in [0.4, 0.5) is 4.39 Å². The van der Waals surface area contributed by atoms with Crippen LogP contribution in [0.1, 0.15) is 5.56 Å². The third kappa shape index (κ3) is 3.70. The van der Waals surface area contributed by atoms with E-state index in [1.165, 1.54) is 12.1 Å². The second-order valence-electron chi connectivity index (χ2n) is 5.24. The molecule has 3 rings (SSSR count). The Morgan fingerprint density at radius 1 is 0.792 bits per heavy atom. The quantitative estimate of drug-likeness (QED) is 0.538. The van der Waals surface area contributed by atoms with Gasteiger partial charge in [-0.25, -0.2) is 4.39 Å². The molecule has 3 aromatic rings. The summed E-state index contributed by atoms with van der Waals surface area (Å²) in [5, 5.41) is 0.176. The Hall–Kier alpha value is -1.67. The maximum absolute atomic E-state index is 13.2. The molecule has 0 bridgehead atoms. The third-order valence-electron chi connectivity index (χ3n) is 3.60. The lowest BCUT2D eigenvalue weighted by Gasteiger charge is -2.23. The largest absolute Gasteiger partial charge is 0.207 e.